The van der Waals surface area contributed by atoms with Crippen molar-refractivity contribution in [1.29, 1.82) is 0 Å². The minimum absolute atomic E-state index is 0.0934. The molecule has 2 aromatic heterocycles. The first kappa shape index (κ1) is 11.6. The van der Waals surface area contributed by atoms with E-state index in [0.717, 1.165) is 10.6 Å². The summed E-state index contributed by atoms with van der Waals surface area (Å²) >= 11 is 7.69. The summed E-state index contributed by atoms with van der Waals surface area (Å²) in [7, 11) is 0. The van der Waals surface area contributed by atoms with Gasteiger partial charge in [-0.15, -0.1) is 11.3 Å². The lowest BCUT2D eigenvalue weighted by Gasteiger charge is -1.99. The largest absolute Gasteiger partial charge is 0.393 e. The Morgan fingerprint density at radius 1 is 1.69 bits per heavy atom. The van der Waals surface area contributed by atoms with Gasteiger partial charge in [0.05, 0.1) is 10.4 Å². The van der Waals surface area contributed by atoms with E-state index in [2.05, 4.69) is 9.97 Å². The zero-order valence-electron chi connectivity index (χ0n) is 8.23. The maximum absolute atomic E-state index is 11.6. The van der Waals surface area contributed by atoms with Gasteiger partial charge in [-0.1, -0.05) is 24.0 Å². The van der Waals surface area contributed by atoms with Crippen molar-refractivity contribution in [2.45, 2.75) is 11.6 Å². The van der Waals surface area contributed by atoms with Gasteiger partial charge < -0.3 is 10.7 Å². The lowest BCUT2D eigenvalue weighted by molar-refractivity contribution is 0.979. The number of thiocarbonyl (C=S) groups is 1. The summed E-state index contributed by atoms with van der Waals surface area (Å²) in [6.07, 6.45) is 0.645. The topological polar surface area (TPSA) is 71.8 Å². The van der Waals surface area contributed by atoms with Gasteiger partial charge in [0, 0.05) is 12.2 Å². The van der Waals surface area contributed by atoms with E-state index in [-0.39, 0.29) is 5.56 Å². The van der Waals surface area contributed by atoms with E-state index in [1.807, 2.05) is 5.38 Å². The quantitative estimate of drug-likeness (QED) is 0.503. The molecule has 0 bridgehead atoms. The number of thiophene rings is 1. The number of H-pyrrole nitrogens is 1. The second-order valence-electron chi connectivity index (χ2n) is 3.08. The zero-order valence-corrected chi connectivity index (χ0v) is 10.7. The summed E-state index contributed by atoms with van der Waals surface area (Å²) < 4.78 is 0. The Hall–Kier alpha value is -0.920. The smallest absolute Gasteiger partial charge is 0.260 e. The molecule has 0 aliphatic rings. The average Bonchev–Trinajstić information content (AvgIpc) is 2.65. The van der Waals surface area contributed by atoms with Crippen LogP contribution in [0, 0.1) is 0 Å². The summed E-state index contributed by atoms with van der Waals surface area (Å²) in [5.74, 6) is 0.731. The van der Waals surface area contributed by atoms with Crippen molar-refractivity contribution >= 4 is 50.5 Å². The Balaban J connectivity index is 2.18. The number of aromatic nitrogens is 2. The van der Waals surface area contributed by atoms with Crippen LogP contribution in [0.4, 0.5) is 0 Å². The van der Waals surface area contributed by atoms with Gasteiger partial charge in [0.2, 0.25) is 0 Å². The molecule has 0 spiro atoms. The molecule has 2 rings (SSSR count). The van der Waals surface area contributed by atoms with Crippen LogP contribution in [0.1, 0.15) is 6.42 Å². The minimum atomic E-state index is -0.0934. The van der Waals surface area contributed by atoms with Crippen LogP contribution in [0.25, 0.3) is 10.2 Å². The van der Waals surface area contributed by atoms with Crippen LogP contribution in [0.5, 0.6) is 0 Å². The number of nitrogens with one attached hydrogen (secondary N) is 1. The Kier molecular flexibility index (Phi) is 3.57. The van der Waals surface area contributed by atoms with Crippen LogP contribution < -0.4 is 11.3 Å². The Morgan fingerprint density at radius 3 is 3.25 bits per heavy atom. The molecule has 2 aromatic rings. The standard InChI is InChI=1S/C9H9N3OS3/c10-6(14)2-4-16-9-11-7(13)5-1-3-15-8(5)12-9/h1,3H,2,4H2,(H2,10,14)(H,11,12,13). The van der Waals surface area contributed by atoms with Crippen LogP contribution in [0.15, 0.2) is 21.4 Å². The van der Waals surface area contributed by atoms with Gasteiger partial charge in [-0.25, -0.2) is 4.98 Å². The molecule has 7 heteroatoms. The van der Waals surface area contributed by atoms with Crippen molar-refractivity contribution in [1.82, 2.24) is 9.97 Å². The van der Waals surface area contributed by atoms with Crippen LogP contribution in [0.2, 0.25) is 0 Å². The molecule has 0 fully saturated rings. The van der Waals surface area contributed by atoms with Crippen molar-refractivity contribution in [3.05, 3.63) is 21.8 Å². The second-order valence-corrected chi connectivity index (χ2v) is 5.58. The van der Waals surface area contributed by atoms with Gasteiger partial charge in [0.15, 0.2) is 5.16 Å². The third-order valence-electron chi connectivity index (χ3n) is 1.90. The predicted molar refractivity (Wildman–Crippen MR) is 72.4 cm³/mol. The summed E-state index contributed by atoms with van der Waals surface area (Å²) in [6.45, 7) is 0. The van der Waals surface area contributed by atoms with E-state index in [1.54, 1.807) is 6.07 Å². The highest BCUT2D eigenvalue weighted by molar-refractivity contribution is 7.99. The number of hydrogen-bond acceptors (Lipinski definition) is 5. The fourth-order valence-corrected chi connectivity index (χ4v) is 3.05. The highest BCUT2D eigenvalue weighted by Crippen LogP contribution is 2.19. The van der Waals surface area contributed by atoms with E-state index < -0.39 is 0 Å². The SMILES string of the molecule is NC(=S)CCSc1nc2sccc2c(=O)[nH]1. The maximum atomic E-state index is 11.6. The molecule has 16 heavy (non-hydrogen) atoms. The molecule has 0 radical (unpaired) electrons. The van der Waals surface area contributed by atoms with Gasteiger partial charge in [-0.3, -0.25) is 4.79 Å². The van der Waals surface area contributed by atoms with Gasteiger partial charge >= 0.3 is 0 Å². The third-order valence-corrected chi connectivity index (χ3v) is 3.79. The van der Waals surface area contributed by atoms with Crippen molar-refractivity contribution < 1.29 is 0 Å². The fourth-order valence-electron chi connectivity index (χ4n) is 1.16. The number of thioether (sulfide) groups is 1. The molecule has 2 heterocycles. The van der Waals surface area contributed by atoms with Crippen LogP contribution in [0.3, 0.4) is 0 Å². The van der Waals surface area contributed by atoms with Gasteiger partial charge in [-0.05, 0) is 11.4 Å². The number of nitrogens with zero attached hydrogens (tertiary/aromatic N) is 1. The van der Waals surface area contributed by atoms with Crippen LogP contribution in [-0.2, 0) is 0 Å². The average molecular weight is 271 g/mol. The Labute approximate surface area is 105 Å². The number of aromatic amines is 1. The van der Waals surface area contributed by atoms with Crippen molar-refractivity contribution in [3.8, 4) is 0 Å². The first-order valence-corrected chi connectivity index (χ1v) is 6.83. The number of hydrogen-bond donors (Lipinski definition) is 2. The number of nitrogens with two attached hydrogens (primary N) is 1. The van der Waals surface area contributed by atoms with Crippen molar-refractivity contribution in [2.24, 2.45) is 5.73 Å². The molecule has 84 valence electrons. The summed E-state index contributed by atoms with van der Waals surface area (Å²) in [6, 6.07) is 1.77. The molecule has 0 atom stereocenters. The predicted octanol–water partition coefficient (Wildman–Crippen LogP) is 1.75. The molecule has 0 amide bonds. The first-order chi connectivity index (χ1) is 7.66. The Bertz CT molecular complexity index is 575. The highest BCUT2D eigenvalue weighted by atomic mass is 32.2. The summed E-state index contributed by atoms with van der Waals surface area (Å²) in [4.78, 5) is 19.9. The summed E-state index contributed by atoms with van der Waals surface area (Å²) in [5, 5.41) is 3.12. The van der Waals surface area contributed by atoms with E-state index in [1.165, 1.54) is 23.1 Å². The zero-order chi connectivity index (χ0) is 11.5. The van der Waals surface area contributed by atoms with Crippen molar-refractivity contribution in [3.63, 3.8) is 0 Å². The normalized spacial score (nSPS) is 10.8. The van der Waals surface area contributed by atoms with E-state index in [9.17, 15) is 4.79 Å². The van der Waals surface area contributed by atoms with E-state index in [0.29, 0.717) is 22.0 Å². The van der Waals surface area contributed by atoms with Gasteiger partial charge in [-0.2, -0.15) is 0 Å². The fraction of sp³-hybridized carbons (Fsp3) is 0.222. The second kappa shape index (κ2) is 4.94. The van der Waals surface area contributed by atoms with E-state index in [4.69, 9.17) is 18.0 Å². The molecule has 0 aliphatic carbocycles. The molecule has 4 nitrogen and oxygen atoms in total. The van der Waals surface area contributed by atoms with E-state index >= 15 is 0 Å². The molecule has 0 aromatic carbocycles. The maximum Gasteiger partial charge on any atom is 0.260 e. The molecular formula is C9H9N3OS3. The molecule has 3 N–H and O–H groups in total. The minimum Gasteiger partial charge on any atom is -0.393 e. The van der Waals surface area contributed by atoms with Crippen molar-refractivity contribution in [2.75, 3.05) is 5.75 Å². The monoisotopic (exact) mass is 271 g/mol. The molecule has 0 aliphatic heterocycles. The highest BCUT2D eigenvalue weighted by Gasteiger charge is 2.05. The Morgan fingerprint density at radius 2 is 2.50 bits per heavy atom. The van der Waals surface area contributed by atoms with Crippen LogP contribution in [-0.4, -0.2) is 20.7 Å². The first-order valence-electron chi connectivity index (χ1n) is 4.55. The lowest BCUT2D eigenvalue weighted by atomic mass is 10.4. The summed E-state index contributed by atoms with van der Waals surface area (Å²) in [5.41, 5.74) is 5.29. The van der Waals surface area contributed by atoms with Gasteiger partial charge in [0.25, 0.3) is 5.56 Å². The third kappa shape index (κ3) is 2.60. The lowest BCUT2D eigenvalue weighted by Crippen LogP contribution is -2.10. The molecule has 0 unspecified atom stereocenters. The molecule has 0 saturated heterocycles. The van der Waals surface area contributed by atoms with Crippen LogP contribution >= 0.6 is 35.3 Å². The number of rotatable bonds is 4. The molecular weight excluding hydrogens is 262 g/mol. The molecule has 0 saturated carbocycles. The number of fused-ring (bicyclic) bond motifs is 1. The van der Waals surface area contributed by atoms with Gasteiger partial charge in [0.1, 0.15) is 4.83 Å².